The molecule has 26 heavy (non-hydrogen) atoms. The SMILES string of the molecule is Cl.O=C(NCc1nnc2n1CCCCC2)c1ccn(C2CCCNC2)n1. The first-order valence-electron chi connectivity index (χ1n) is 9.26. The van der Waals surface area contributed by atoms with Crippen LogP contribution in [0.1, 0.15) is 60.3 Å². The van der Waals surface area contributed by atoms with Gasteiger partial charge in [-0.1, -0.05) is 6.42 Å². The zero-order valence-corrected chi connectivity index (χ0v) is 15.7. The third-order valence-corrected chi connectivity index (χ3v) is 5.08. The lowest BCUT2D eigenvalue weighted by Gasteiger charge is -2.22. The third kappa shape index (κ3) is 4.07. The standard InChI is InChI=1S/C17H25N7O.ClH/c25-17(14-7-10-24(22-14)13-5-4-8-18-11-13)19-12-16-21-20-15-6-2-1-3-9-23(15)16;/h7,10,13,18H,1-6,8-9,11-12H2,(H,19,25);1H. The lowest BCUT2D eigenvalue weighted by molar-refractivity contribution is 0.0943. The van der Waals surface area contributed by atoms with Crippen LogP contribution in [0.15, 0.2) is 12.3 Å². The van der Waals surface area contributed by atoms with Gasteiger partial charge in [0.05, 0.1) is 12.6 Å². The van der Waals surface area contributed by atoms with Crippen molar-refractivity contribution in [2.45, 2.75) is 57.7 Å². The van der Waals surface area contributed by atoms with Crippen molar-refractivity contribution in [2.75, 3.05) is 13.1 Å². The van der Waals surface area contributed by atoms with Crippen molar-refractivity contribution in [3.8, 4) is 0 Å². The Balaban J connectivity index is 0.00000196. The molecule has 9 heteroatoms. The van der Waals surface area contributed by atoms with Crippen molar-refractivity contribution in [1.82, 2.24) is 35.2 Å². The van der Waals surface area contributed by atoms with E-state index < -0.39 is 0 Å². The molecular weight excluding hydrogens is 354 g/mol. The van der Waals surface area contributed by atoms with Crippen LogP contribution < -0.4 is 10.6 Å². The molecule has 2 aliphatic heterocycles. The minimum atomic E-state index is -0.159. The number of fused-ring (bicyclic) bond motifs is 1. The second-order valence-corrected chi connectivity index (χ2v) is 6.86. The predicted octanol–water partition coefficient (Wildman–Crippen LogP) is 1.48. The largest absolute Gasteiger partial charge is 0.343 e. The molecule has 0 aromatic carbocycles. The first kappa shape index (κ1) is 18.8. The molecular formula is C17H26ClN7O. The van der Waals surface area contributed by atoms with Gasteiger partial charge >= 0.3 is 0 Å². The second-order valence-electron chi connectivity index (χ2n) is 6.86. The Hall–Kier alpha value is -1.93. The highest BCUT2D eigenvalue weighted by molar-refractivity contribution is 5.92. The Morgan fingerprint density at radius 1 is 1.27 bits per heavy atom. The minimum absolute atomic E-state index is 0. The normalized spacial score (nSPS) is 19.9. The summed E-state index contributed by atoms with van der Waals surface area (Å²) < 4.78 is 4.06. The van der Waals surface area contributed by atoms with E-state index in [1.807, 2.05) is 10.9 Å². The molecule has 2 aromatic heterocycles. The summed E-state index contributed by atoms with van der Waals surface area (Å²) in [6, 6.07) is 2.12. The fourth-order valence-electron chi connectivity index (χ4n) is 3.65. The van der Waals surface area contributed by atoms with E-state index in [-0.39, 0.29) is 18.3 Å². The number of carbonyl (C=O) groups excluding carboxylic acids is 1. The summed E-state index contributed by atoms with van der Waals surface area (Å²) in [5, 5.41) is 19.3. The fraction of sp³-hybridized carbons (Fsp3) is 0.647. The summed E-state index contributed by atoms with van der Waals surface area (Å²) in [6.45, 7) is 3.31. The number of nitrogens with zero attached hydrogens (tertiary/aromatic N) is 5. The number of hydrogen-bond acceptors (Lipinski definition) is 5. The van der Waals surface area contributed by atoms with Crippen LogP contribution in [-0.4, -0.2) is 43.5 Å². The highest BCUT2D eigenvalue weighted by Gasteiger charge is 2.19. The molecule has 0 radical (unpaired) electrons. The summed E-state index contributed by atoms with van der Waals surface area (Å²) >= 11 is 0. The van der Waals surface area contributed by atoms with Crippen molar-refractivity contribution in [3.05, 3.63) is 29.6 Å². The van der Waals surface area contributed by atoms with Crippen LogP contribution in [0.5, 0.6) is 0 Å². The van der Waals surface area contributed by atoms with Crippen LogP contribution in [0.3, 0.4) is 0 Å². The second kappa shape index (κ2) is 8.64. The number of piperidine rings is 1. The highest BCUT2D eigenvalue weighted by Crippen LogP contribution is 2.16. The summed E-state index contributed by atoms with van der Waals surface area (Å²) in [5.74, 6) is 1.71. The molecule has 142 valence electrons. The number of rotatable bonds is 4. The molecule has 0 bridgehead atoms. The van der Waals surface area contributed by atoms with Crippen molar-refractivity contribution >= 4 is 18.3 Å². The lowest BCUT2D eigenvalue weighted by Crippen LogP contribution is -2.32. The van der Waals surface area contributed by atoms with Crippen LogP contribution in [0.4, 0.5) is 0 Å². The molecule has 8 nitrogen and oxygen atoms in total. The van der Waals surface area contributed by atoms with E-state index in [0.29, 0.717) is 18.3 Å². The first-order chi connectivity index (χ1) is 12.3. The summed E-state index contributed by atoms with van der Waals surface area (Å²) in [4.78, 5) is 12.4. The van der Waals surface area contributed by atoms with Crippen molar-refractivity contribution < 1.29 is 4.79 Å². The molecule has 1 amide bonds. The van der Waals surface area contributed by atoms with Crippen LogP contribution in [0.25, 0.3) is 0 Å². The molecule has 2 aliphatic rings. The summed E-state index contributed by atoms with van der Waals surface area (Å²) in [7, 11) is 0. The number of carbonyl (C=O) groups is 1. The number of nitrogens with one attached hydrogen (secondary N) is 2. The summed E-state index contributed by atoms with van der Waals surface area (Å²) in [6.07, 6.45) is 8.65. The van der Waals surface area contributed by atoms with Gasteiger partial charge in [-0.05, 0) is 38.3 Å². The fourth-order valence-corrected chi connectivity index (χ4v) is 3.65. The topological polar surface area (TPSA) is 89.7 Å². The number of amides is 1. The van der Waals surface area contributed by atoms with E-state index in [0.717, 1.165) is 63.4 Å². The van der Waals surface area contributed by atoms with E-state index >= 15 is 0 Å². The first-order valence-corrected chi connectivity index (χ1v) is 9.26. The highest BCUT2D eigenvalue weighted by atomic mass is 35.5. The Morgan fingerprint density at radius 2 is 2.19 bits per heavy atom. The van der Waals surface area contributed by atoms with Gasteiger partial charge in [0.25, 0.3) is 5.91 Å². The number of aromatic nitrogens is 5. The number of halogens is 1. The van der Waals surface area contributed by atoms with Gasteiger partial charge in [-0.2, -0.15) is 5.10 Å². The zero-order valence-electron chi connectivity index (χ0n) is 14.9. The monoisotopic (exact) mass is 379 g/mol. The third-order valence-electron chi connectivity index (χ3n) is 5.08. The molecule has 2 aromatic rings. The van der Waals surface area contributed by atoms with Gasteiger partial charge in [0.15, 0.2) is 5.82 Å². The van der Waals surface area contributed by atoms with Gasteiger partial charge in [0, 0.05) is 25.7 Å². The number of hydrogen-bond donors (Lipinski definition) is 2. The van der Waals surface area contributed by atoms with E-state index in [4.69, 9.17) is 0 Å². The quantitative estimate of drug-likeness (QED) is 0.839. The average Bonchev–Trinajstić information content (AvgIpc) is 3.22. The van der Waals surface area contributed by atoms with Crippen LogP contribution >= 0.6 is 12.4 Å². The maximum atomic E-state index is 12.4. The van der Waals surface area contributed by atoms with Crippen LogP contribution in [0, 0.1) is 0 Å². The average molecular weight is 380 g/mol. The Labute approximate surface area is 159 Å². The van der Waals surface area contributed by atoms with Gasteiger partial charge in [-0.25, -0.2) is 0 Å². The predicted molar refractivity (Wildman–Crippen MR) is 99.4 cm³/mol. The minimum Gasteiger partial charge on any atom is -0.343 e. The maximum absolute atomic E-state index is 12.4. The van der Waals surface area contributed by atoms with Gasteiger partial charge in [0.2, 0.25) is 0 Å². The molecule has 1 fully saturated rings. The van der Waals surface area contributed by atoms with Crippen LogP contribution in [-0.2, 0) is 19.5 Å². The molecule has 2 N–H and O–H groups in total. The van der Waals surface area contributed by atoms with Gasteiger partial charge < -0.3 is 15.2 Å². The molecule has 1 unspecified atom stereocenters. The molecule has 1 saturated heterocycles. The van der Waals surface area contributed by atoms with Gasteiger partial charge in [-0.3, -0.25) is 9.48 Å². The molecule has 1 atom stereocenters. The Kier molecular flexibility index (Phi) is 6.26. The molecule has 0 saturated carbocycles. The van der Waals surface area contributed by atoms with Gasteiger partial charge in [-0.15, -0.1) is 22.6 Å². The lowest BCUT2D eigenvalue weighted by atomic mass is 10.1. The van der Waals surface area contributed by atoms with Crippen molar-refractivity contribution in [3.63, 3.8) is 0 Å². The van der Waals surface area contributed by atoms with E-state index in [2.05, 4.69) is 30.5 Å². The zero-order chi connectivity index (χ0) is 17.1. The van der Waals surface area contributed by atoms with Crippen molar-refractivity contribution in [1.29, 1.82) is 0 Å². The van der Waals surface area contributed by atoms with E-state index in [1.165, 1.54) is 6.42 Å². The number of aryl methyl sites for hydroxylation is 1. The Bertz CT molecular complexity index is 735. The Morgan fingerprint density at radius 3 is 3.04 bits per heavy atom. The summed E-state index contributed by atoms with van der Waals surface area (Å²) in [5.41, 5.74) is 0.459. The molecule has 0 aliphatic carbocycles. The van der Waals surface area contributed by atoms with Crippen LogP contribution in [0.2, 0.25) is 0 Å². The smallest absolute Gasteiger partial charge is 0.272 e. The van der Waals surface area contributed by atoms with E-state index in [1.54, 1.807) is 6.07 Å². The maximum Gasteiger partial charge on any atom is 0.272 e. The van der Waals surface area contributed by atoms with Gasteiger partial charge in [0.1, 0.15) is 11.5 Å². The van der Waals surface area contributed by atoms with Crippen molar-refractivity contribution in [2.24, 2.45) is 0 Å². The molecule has 0 spiro atoms. The van der Waals surface area contributed by atoms with E-state index in [9.17, 15) is 4.79 Å². The molecule has 4 rings (SSSR count). The molecule has 4 heterocycles.